The quantitative estimate of drug-likeness (QED) is 0.800. The molecule has 1 aromatic heterocycles. The number of carbonyl (C=O) groups is 1. The Hall–Kier alpha value is -2.58. The van der Waals surface area contributed by atoms with Gasteiger partial charge in [-0.3, -0.25) is 0 Å². The first-order chi connectivity index (χ1) is 11.7. The van der Waals surface area contributed by atoms with E-state index in [0.717, 1.165) is 31.7 Å². The summed E-state index contributed by atoms with van der Waals surface area (Å²) in [6.07, 6.45) is 3.05. The number of hydrogen-bond donors (Lipinski definition) is 0. The highest BCUT2D eigenvalue weighted by molar-refractivity contribution is 6.30. The van der Waals surface area contributed by atoms with Gasteiger partial charge in [0.05, 0.1) is 22.2 Å². The highest BCUT2D eigenvalue weighted by atomic mass is 35.5. The van der Waals surface area contributed by atoms with Crippen LogP contribution in [0.1, 0.15) is 28.8 Å². The topological polar surface area (TPSA) is 66.2 Å². The van der Waals surface area contributed by atoms with Crippen molar-refractivity contribution in [2.75, 3.05) is 18.0 Å². The summed E-state index contributed by atoms with van der Waals surface area (Å²) in [7, 11) is 0. The normalized spacial score (nSPS) is 14.9. The minimum atomic E-state index is -0.345. The smallest absolute Gasteiger partial charge is 0.338 e. The van der Waals surface area contributed by atoms with Crippen LogP contribution in [0.3, 0.4) is 0 Å². The molecule has 0 aliphatic carbocycles. The van der Waals surface area contributed by atoms with Crippen molar-refractivity contribution in [2.24, 2.45) is 0 Å². The second-order valence-electron chi connectivity index (χ2n) is 5.62. The van der Waals surface area contributed by atoms with Gasteiger partial charge in [0, 0.05) is 32.1 Å². The van der Waals surface area contributed by atoms with Crippen LogP contribution in [0.4, 0.5) is 5.82 Å². The fourth-order valence-corrected chi connectivity index (χ4v) is 2.77. The van der Waals surface area contributed by atoms with E-state index in [1.54, 1.807) is 30.5 Å². The fourth-order valence-electron chi connectivity index (χ4n) is 2.66. The monoisotopic (exact) mass is 341 g/mol. The van der Waals surface area contributed by atoms with Gasteiger partial charge in [-0.1, -0.05) is 11.6 Å². The Kier molecular flexibility index (Phi) is 4.97. The van der Waals surface area contributed by atoms with Crippen LogP contribution in [-0.2, 0) is 4.74 Å². The van der Waals surface area contributed by atoms with Crippen LogP contribution < -0.4 is 4.90 Å². The van der Waals surface area contributed by atoms with Crippen LogP contribution in [0, 0.1) is 11.3 Å². The number of rotatable bonds is 3. The van der Waals surface area contributed by atoms with Gasteiger partial charge in [-0.25, -0.2) is 9.78 Å². The van der Waals surface area contributed by atoms with Gasteiger partial charge in [0.2, 0.25) is 0 Å². The van der Waals surface area contributed by atoms with Crippen molar-refractivity contribution in [3.05, 3.63) is 58.7 Å². The Bertz CT molecular complexity index is 745. The number of pyridine rings is 1. The van der Waals surface area contributed by atoms with Crippen molar-refractivity contribution in [2.45, 2.75) is 18.9 Å². The second kappa shape index (κ2) is 7.33. The first-order valence-electron chi connectivity index (χ1n) is 7.73. The van der Waals surface area contributed by atoms with Crippen LogP contribution in [0.5, 0.6) is 0 Å². The maximum atomic E-state index is 12.2. The molecule has 1 fully saturated rings. The summed E-state index contributed by atoms with van der Waals surface area (Å²) >= 11 is 5.85. The summed E-state index contributed by atoms with van der Waals surface area (Å²) in [5.74, 6) is 0.541. The lowest BCUT2D eigenvalue weighted by atomic mass is 10.1. The number of nitrogens with zero attached hydrogens (tertiary/aromatic N) is 3. The molecular weight excluding hydrogens is 326 g/mol. The molecule has 1 aliphatic rings. The number of carbonyl (C=O) groups excluding carboxylic acids is 1. The van der Waals surface area contributed by atoms with Crippen LogP contribution in [0.2, 0.25) is 5.02 Å². The molecule has 5 nitrogen and oxygen atoms in total. The zero-order chi connectivity index (χ0) is 16.9. The van der Waals surface area contributed by atoms with Gasteiger partial charge in [0.1, 0.15) is 11.9 Å². The Morgan fingerprint density at radius 2 is 1.92 bits per heavy atom. The summed E-state index contributed by atoms with van der Waals surface area (Å²) in [5, 5.41) is 9.39. The van der Waals surface area contributed by atoms with Gasteiger partial charge in [0.25, 0.3) is 0 Å². The van der Waals surface area contributed by atoms with E-state index in [2.05, 4.69) is 9.88 Å². The molecule has 2 heterocycles. The molecule has 0 amide bonds. The first-order valence-corrected chi connectivity index (χ1v) is 8.11. The molecular formula is C18H16ClN3O2. The van der Waals surface area contributed by atoms with Crippen LogP contribution >= 0.6 is 11.6 Å². The molecule has 0 unspecified atom stereocenters. The van der Waals surface area contributed by atoms with Crippen LogP contribution in [-0.4, -0.2) is 30.1 Å². The number of esters is 1. The predicted octanol–water partition coefficient (Wildman–Crippen LogP) is 3.43. The Labute approximate surface area is 145 Å². The molecule has 0 N–H and O–H groups in total. The number of anilines is 1. The molecule has 0 bridgehead atoms. The van der Waals surface area contributed by atoms with Crippen molar-refractivity contribution in [1.82, 2.24) is 4.98 Å². The summed E-state index contributed by atoms with van der Waals surface area (Å²) in [4.78, 5) is 18.6. The van der Waals surface area contributed by atoms with Crippen LogP contribution in [0.25, 0.3) is 0 Å². The maximum Gasteiger partial charge on any atom is 0.338 e. The number of hydrogen-bond acceptors (Lipinski definition) is 5. The lowest BCUT2D eigenvalue weighted by molar-refractivity contribution is 0.0245. The molecule has 3 rings (SSSR count). The molecule has 1 aromatic carbocycles. The van der Waals surface area contributed by atoms with Crippen molar-refractivity contribution in [3.63, 3.8) is 0 Å². The summed E-state index contributed by atoms with van der Waals surface area (Å²) in [6.45, 7) is 1.56. The standard InChI is InChI=1S/C18H16ClN3O2/c19-15-5-6-17(21-12-15)22-9-7-16(8-10-22)24-18(23)14-3-1-13(11-20)2-4-14/h1-6,12,16H,7-10H2. The van der Waals surface area contributed by atoms with Crippen LogP contribution in [0.15, 0.2) is 42.6 Å². The average molecular weight is 342 g/mol. The zero-order valence-electron chi connectivity index (χ0n) is 13.0. The Balaban J connectivity index is 1.54. The van der Waals surface area contributed by atoms with E-state index in [1.807, 2.05) is 18.2 Å². The number of nitriles is 1. The van der Waals surface area contributed by atoms with Crippen molar-refractivity contribution >= 4 is 23.4 Å². The lowest BCUT2D eigenvalue weighted by Gasteiger charge is -2.32. The van der Waals surface area contributed by atoms with E-state index in [9.17, 15) is 4.79 Å². The van der Waals surface area contributed by atoms with Gasteiger partial charge >= 0.3 is 5.97 Å². The van der Waals surface area contributed by atoms with E-state index in [-0.39, 0.29) is 12.1 Å². The van der Waals surface area contributed by atoms with E-state index in [0.29, 0.717) is 16.1 Å². The molecule has 1 aliphatic heterocycles. The highest BCUT2D eigenvalue weighted by Gasteiger charge is 2.23. The molecule has 6 heteroatoms. The molecule has 0 atom stereocenters. The Morgan fingerprint density at radius 1 is 1.21 bits per heavy atom. The first kappa shape index (κ1) is 16.3. The predicted molar refractivity (Wildman–Crippen MR) is 91.1 cm³/mol. The Morgan fingerprint density at radius 3 is 2.50 bits per heavy atom. The third-order valence-electron chi connectivity index (χ3n) is 4.00. The van der Waals surface area contributed by atoms with Gasteiger partial charge in [-0.05, 0) is 36.4 Å². The maximum absolute atomic E-state index is 12.2. The number of ether oxygens (including phenoxy) is 1. The molecule has 0 spiro atoms. The number of aromatic nitrogens is 1. The molecule has 0 radical (unpaired) electrons. The van der Waals surface area contributed by atoms with E-state index >= 15 is 0 Å². The molecule has 0 saturated carbocycles. The SMILES string of the molecule is N#Cc1ccc(C(=O)OC2CCN(c3ccc(Cl)cn3)CC2)cc1. The number of halogens is 1. The second-order valence-corrected chi connectivity index (χ2v) is 6.05. The van der Waals surface area contributed by atoms with Crippen molar-refractivity contribution in [3.8, 4) is 6.07 Å². The van der Waals surface area contributed by atoms with E-state index in [1.165, 1.54) is 0 Å². The van der Waals surface area contributed by atoms with Crippen molar-refractivity contribution in [1.29, 1.82) is 5.26 Å². The molecule has 1 saturated heterocycles. The van der Waals surface area contributed by atoms with Gasteiger partial charge in [-0.15, -0.1) is 0 Å². The molecule has 2 aromatic rings. The van der Waals surface area contributed by atoms with Crippen molar-refractivity contribution < 1.29 is 9.53 Å². The summed E-state index contributed by atoms with van der Waals surface area (Å²) in [5.41, 5.74) is 0.992. The van der Waals surface area contributed by atoms with E-state index in [4.69, 9.17) is 21.6 Å². The third kappa shape index (κ3) is 3.84. The third-order valence-corrected chi connectivity index (χ3v) is 4.22. The average Bonchev–Trinajstić information content (AvgIpc) is 2.63. The number of benzene rings is 1. The lowest BCUT2D eigenvalue weighted by Crippen LogP contribution is -2.38. The fraction of sp³-hybridized carbons (Fsp3) is 0.278. The molecule has 24 heavy (non-hydrogen) atoms. The summed E-state index contributed by atoms with van der Waals surface area (Å²) in [6, 6.07) is 12.2. The van der Waals surface area contributed by atoms with Gasteiger partial charge in [-0.2, -0.15) is 5.26 Å². The highest BCUT2D eigenvalue weighted by Crippen LogP contribution is 2.21. The van der Waals surface area contributed by atoms with Gasteiger partial charge in [0.15, 0.2) is 0 Å². The summed E-state index contributed by atoms with van der Waals surface area (Å²) < 4.78 is 5.56. The van der Waals surface area contributed by atoms with Gasteiger partial charge < -0.3 is 9.64 Å². The zero-order valence-corrected chi connectivity index (χ0v) is 13.7. The van der Waals surface area contributed by atoms with E-state index < -0.39 is 0 Å². The minimum absolute atomic E-state index is 0.100. The molecule has 122 valence electrons. The largest absolute Gasteiger partial charge is 0.459 e. The minimum Gasteiger partial charge on any atom is -0.459 e. The number of piperidine rings is 1.